The predicted molar refractivity (Wildman–Crippen MR) is 37.4 cm³/mol. The zero-order chi connectivity index (χ0) is 6.53. The largest absolute Gasteiger partial charge is 0.255 e. The molecule has 1 heterocycles. The van der Waals surface area contributed by atoms with Gasteiger partial charge in [0.05, 0.1) is 0 Å². The highest BCUT2D eigenvalue weighted by Gasteiger charge is 2.00. The van der Waals surface area contributed by atoms with Gasteiger partial charge in [-0.2, -0.15) is 5.12 Å². The van der Waals surface area contributed by atoms with E-state index in [0.717, 1.165) is 13.1 Å². The summed E-state index contributed by atoms with van der Waals surface area (Å²) in [7, 11) is 0. The lowest BCUT2D eigenvalue weighted by Crippen LogP contribution is -2.45. The van der Waals surface area contributed by atoms with Crippen LogP contribution in [0, 0.1) is 0 Å². The molecule has 3 nitrogen and oxygen atoms in total. The van der Waals surface area contributed by atoms with Gasteiger partial charge in [0, 0.05) is 13.1 Å². The number of hydrazine groups is 2. The minimum absolute atomic E-state index is 0.986. The predicted octanol–water partition coefficient (Wildman–Crippen LogP) is 0.241. The van der Waals surface area contributed by atoms with Gasteiger partial charge in [-0.1, -0.05) is 12.8 Å². The second kappa shape index (κ2) is 3.82. The highest BCUT2D eigenvalue weighted by atomic mass is 15.7. The maximum Gasteiger partial charge on any atom is 0.0285 e. The van der Waals surface area contributed by atoms with Gasteiger partial charge in [0.25, 0.3) is 0 Å². The average molecular weight is 129 g/mol. The molecule has 0 aromatic carbocycles. The molecule has 3 heteroatoms. The first-order chi connectivity index (χ1) is 4.39. The smallest absolute Gasteiger partial charge is 0.0285 e. The highest BCUT2D eigenvalue weighted by Crippen LogP contribution is 2.01. The van der Waals surface area contributed by atoms with Crippen molar-refractivity contribution in [2.45, 2.75) is 25.7 Å². The van der Waals surface area contributed by atoms with E-state index in [4.69, 9.17) is 5.84 Å². The number of nitrogens with one attached hydrogen (secondary N) is 1. The first-order valence-corrected chi connectivity index (χ1v) is 3.65. The molecule has 1 saturated heterocycles. The molecular weight excluding hydrogens is 114 g/mol. The molecule has 0 aromatic rings. The van der Waals surface area contributed by atoms with Crippen molar-refractivity contribution in [2.75, 3.05) is 13.1 Å². The molecule has 1 fully saturated rings. The molecule has 0 bridgehead atoms. The zero-order valence-electron chi connectivity index (χ0n) is 5.77. The molecule has 1 aliphatic rings. The summed E-state index contributed by atoms with van der Waals surface area (Å²) in [5, 5.41) is 1.69. The van der Waals surface area contributed by atoms with Gasteiger partial charge in [-0.25, -0.2) is 5.43 Å². The maximum absolute atomic E-state index is 5.53. The van der Waals surface area contributed by atoms with Gasteiger partial charge in [0.15, 0.2) is 0 Å². The molecule has 0 atom stereocenters. The van der Waals surface area contributed by atoms with E-state index < -0.39 is 0 Å². The summed E-state index contributed by atoms with van der Waals surface area (Å²) in [5.74, 6) is 5.53. The summed E-state index contributed by atoms with van der Waals surface area (Å²) >= 11 is 0. The SMILES string of the molecule is NN1CCCCCCN1. The lowest BCUT2D eigenvalue weighted by Gasteiger charge is -2.19. The van der Waals surface area contributed by atoms with E-state index >= 15 is 0 Å². The summed E-state index contributed by atoms with van der Waals surface area (Å²) in [5.41, 5.74) is 3.10. The van der Waals surface area contributed by atoms with Crippen molar-refractivity contribution in [3.8, 4) is 0 Å². The molecular formula is C6H15N3. The molecule has 0 unspecified atom stereocenters. The number of hydrogen-bond donors (Lipinski definition) is 2. The van der Waals surface area contributed by atoms with Gasteiger partial charge in [0.2, 0.25) is 0 Å². The third-order valence-electron chi connectivity index (χ3n) is 1.64. The number of nitrogens with zero attached hydrogens (tertiary/aromatic N) is 1. The number of nitrogens with two attached hydrogens (primary N) is 1. The van der Waals surface area contributed by atoms with Crippen LogP contribution in [0.25, 0.3) is 0 Å². The zero-order valence-corrected chi connectivity index (χ0v) is 5.77. The van der Waals surface area contributed by atoms with Gasteiger partial charge in [-0.05, 0) is 12.8 Å². The topological polar surface area (TPSA) is 41.3 Å². The fourth-order valence-corrected chi connectivity index (χ4v) is 1.06. The van der Waals surface area contributed by atoms with Gasteiger partial charge >= 0.3 is 0 Å². The van der Waals surface area contributed by atoms with Gasteiger partial charge < -0.3 is 0 Å². The third-order valence-corrected chi connectivity index (χ3v) is 1.64. The molecule has 0 radical (unpaired) electrons. The maximum atomic E-state index is 5.53. The Kier molecular flexibility index (Phi) is 2.97. The van der Waals surface area contributed by atoms with Crippen LogP contribution in [0.4, 0.5) is 0 Å². The Labute approximate surface area is 56.1 Å². The fraction of sp³-hybridized carbons (Fsp3) is 1.00. The van der Waals surface area contributed by atoms with Crippen LogP contribution in [-0.4, -0.2) is 18.2 Å². The third kappa shape index (κ3) is 2.79. The summed E-state index contributed by atoms with van der Waals surface area (Å²) in [6, 6.07) is 0. The van der Waals surface area contributed by atoms with Crippen LogP contribution in [-0.2, 0) is 0 Å². The fourth-order valence-electron chi connectivity index (χ4n) is 1.06. The minimum atomic E-state index is 0.986. The van der Waals surface area contributed by atoms with E-state index in [1.165, 1.54) is 25.7 Å². The summed E-state index contributed by atoms with van der Waals surface area (Å²) in [4.78, 5) is 0. The molecule has 1 rings (SSSR count). The normalized spacial score (nSPS) is 25.0. The Bertz CT molecular complexity index is 66.7. The Balaban J connectivity index is 2.12. The summed E-state index contributed by atoms with van der Waals surface area (Å²) in [6.07, 6.45) is 5.16. The van der Waals surface area contributed by atoms with Crippen LogP contribution < -0.4 is 11.3 Å². The van der Waals surface area contributed by atoms with Crippen molar-refractivity contribution in [1.29, 1.82) is 0 Å². The first kappa shape index (κ1) is 6.99. The van der Waals surface area contributed by atoms with E-state index in [1.807, 2.05) is 0 Å². The minimum Gasteiger partial charge on any atom is -0.255 e. The quantitative estimate of drug-likeness (QED) is 0.460. The first-order valence-electron chi connectivity index (χ1n) is 3.65. The molecule has 0 spiro atoms. The molecule has 0 saturated carbocycles. The van der Waals surface area contributed by atoms with E-state index in [2.05, 4.69) is 5.43 Å². The van der Waals surface area contributed by atoms with E-state index in [9.17, 15) is 0 Å². The van der Waals surface area contributed by atoms with Gasteiger partial charge in [0.1, 0.15) is 0 Å². The monoisotopic (exact) mass is 129 g/mol. The Morgan fingerprint density at radius 3 is 2.78 bits per heavy atom. The van der Waals surface area contributed by atoms with Crippen molar-refractivity contribution in [3.05, 3.63) is 0 Å². The highest BCUT2D eigenvalue weighted by molar-refractivity contribution is 4.52. The van der Waals surface area contributed by atoms with Crippen molar-refractivity contribution in [3.63, 3.8) is 0 Å². The van der Waals surface area contributed by atoms with Crippen LogP contribution >= 0.6 is 0 Å². The second-order valence-electron chi connectivity index (χ2n) is 2.52. The summed E-state index contributed by atoms with van der Waals surface area (Å²) in [6.45, 7) is 2.02. The van der Waals surface area contributed by atoms with Crippen LogP contribution in [0.15, 0.2) is 0 Å². The van der Waals surface area contributed by atoms with Crippen LogP contribution in [0.5, 0.6) is 0 Å². The molecule has 3 N–H and O–H groups in total. The van der Waals surface area contributed by atoms with Crippen molar-refractivity contribution >= 4 is 0 Å². The van der Waals surface area contributed by atoms with E-state index in [0.29, 0.717) is 0 Å². The molecule has 0 amide bonds. The van der Waals surface area contributed by atoms with Crippen LogP contribution in [0.3, 0.4) is 0 Å². The van der Waals surface area contributed by atoms with Crippen molar-refractivity contribution in [1.82, 2.24) is 10.5 Å². The molecule has 9 heavy (non-hydrogen) atoms. The summed E-state index contributed by atoms with van der Waals surface area (Å²) < 4.78 is 0. The van der Waals surface area contributed by atoms with Crippen molar-refractivity contribution < 1.29 is 0 Å². The molecule has 54 valence electrons. The second-order valence-corrected chi connectivity index (χ2v) is 2.52. The molecule has 1 aliphatic heterocycles. The van der Waals surface area contributed by atoms with E-state index in [1.54, 1.807) is 5.12 Å². The Hall–Kier alpha value is -0.120. The van der Waals surface area contributed by atoms with Crippen LogP contribution in [0.2, 0.25) is 0 Å². The van der Waals surface area contributed by atoms with Crippen molar-refractivity contribution in [2.24, 2.45) is 5.84 Å². The lowest BCUT2D eigenvalue weighted by molar-refractivity contribution is 0.175. The molecule has 0 aliphatic carbocycles. The van der Waals surface area contributed by atoms with E-state index in [-0.39, 0.29) is 0 Å². The average Bonchev–Trinajstić information content (AvgIpc) is 1.79. The molecule has 0 aromatic heterocycles. The standard InChI is InChI=1S/C6H15N3/c7-9-6-4-2-1-3-5-8-9/h8H,1-7H2. The van der Waals surface area contributed by atoms with Gasteiger partial charge in [-0.3, -0.25) is 5.84 Å². The Morgan fingerprint density at radius 2 is 1.89 bits per heavy atom. The number of hydrogen-bond acceptors (Lipinski definition) is 3. The Morgan fingerprint density at radius 1 is 1.11 bits per heavy atom. The van der Waals surface area contributed by atoms with Crippen LogP contribution in [0.1, 0.15) is 25.7 Å². The number of rotatable bonds is 0. The lowest BCUT2D eigenvalue weighted by atomic mass is 10.2. The van der Waals surface area contributed by atoms with Gasteiger partial charge in [-0.15, -0.1) is 0 Å².